The maximum absolute atomic E-state index is 6.88. The second-order valence-electron chi connectivity index (χ2n) is 14.5. The van der Waals surface area contributed by atoms with Crippen LogP contribution in [-0.2, 0) is 18.1 Å². The summed E-state index contributed by atoms with van der Waals surface area (Å²) in [6, 6.07) is 16.2. The molecule has 0 bridgehead atoms. The van der Waals surface area contributed by atoms with Gasteiger partial charge in [-0.25, -0.2) is 0 Å². The van der Waals surface area contributed by atoms with Gasteiger partial charge in [0.25, 0.3) is 0 Å². The normalized spacial score (nSPS) is 13.7. The van der Waals surface area contributed by atoms with Crippen LogP contribution in [0.2, 0.25) is 17.3 Å². The van der Waals surface area contributed by atoms with Crippen molar-refractivity contribution in [2.24, 2.45) is 10.8 Å². The van der Waals surface area contributed by atoms with Crippen LogP contribution >= 0.6 is 0 Å². The molecule has 0 N–H and O–H groups in total. The molecule has 0 amide bonds. The number of aromatic nitrogens is 1. The summed E-state index contributed by atoms with van der Waals surface area (Å²) in [6.07, 6.45) is 3.99. The molecule has 188 valence electrons. The van der Waals surface area contributed by atoms with Gasteiger partial charge in [0.1, 0.15) is 0 Å². The molecule has 0 saturated heterocycles. The van der Waals surface area contributed by atoms with Crippen LogP contribution in [0.25, 0.3) is 32.8 Å². The molecule has 0 fully saturated rings. The standard InChI is InChI=1S/C33H41GeNO/c1-32(2,3)18-21-10-11-25-24(14-21)17-26-30-29-23(12-13-35-30)15-22(20-34(7,8)9)16-28(29)36-31(26)27(25)19-33(4,5)6/h10-17H,18-20H2,1-9H3. The Kier molecular flexibility index (Phi) is 6.06. The van der Waals surface area contributed by atoms with E-state index < -0.39 is 13.3 Å². The number of fused-ring (bicyclic) bond motifs is 3. The van der Waals surface area contributed by atoms with Crippen LogP contribution in [0.3, 0.4) is 0 Å². The molecule has 36 heavy (non-hydrogen) atoms. The third-order valence-corrected chi connectivity index (χ3v) is 9.87. The molecule has 0 atom stereocenters. The quantitative estimate of drug-likeness (QED) is 0.212. The van der Waals surface area contributed by atoms with E-state index in [2.05, 4.69) is 101 Å². The Morgan fingerprint density at radius 2 is 1.47 bits per heavy atom. The van der Waals surface area contributed by atoms with E-state index in [0.29, 0.717) is 0 Å². The van der Waals surface area contributed by atoms with E-state index in [4.69, 9.17) is 9.72 Å². The van der Waals surface area contributed by atoms with Gasteiger partial charge in [-0.2, -0.15) is 0 Å². The first-order chi connectivity index (χ1) is 16.7. The Morgan fingerprint density at radius 1 is 0.778 bits per heavy atom. The Balaban J connectivity index is 1.77. The van der Waals surface area contributed by atoms with Gasteiger partial charge in [-0.05, 0) is 5.41 Å². The van der Waals surface area contributed by atoms with Gasteiger partial charge < -0.3 is 0 Å². The monoisotopic (exact) mass is 541 g/mol. The average molecular weight is 540 g/mol. The molecule has 0 unspecified atom stereocenters. The first kappa shape index (κ1) is 25.3. The van der Waals surface area contributed by atoms with E-state index in [1.54, 1.807) is 0 Å². The summed E-state index contributed by atoms with van der Waals surface area (Å²) in [4.78, 5) is 4.94. The summed E-state index contributed by atoms with van der Waals surface area (Å²) in [6.45, 7) is 13.9. The van der Waals surface area contributed by atoms with Crippen LogP contribution in [0.1, 0.15) is 58.2 Å². The molecular formula is C33H41GeNO. The summed E-state index contributed by atoms with van der Waals surface area (Å²) in [5, 5.41) is 6.18. The SMILES string of the molecule is CC(C)(C)Cc1ccc2c(CC(C)(C)C)c3c(cc2c1)-c1nccc2cc([CH2][Ge]([CH3])([CH3])[CH3])cc(c12)O3. The number of rotatable bonds is 4. The zero-order valence-corrected chi connectivity index (χ0v) is 25.7. The number of hydrogen-bond acceptors (Lipinski definition) is 2. The zero-order chi connectivity index (χ0) is 26.0. The fourth-order valence-corrected chi connectivity index (χ4v) is 8.68. The maximum atomic E-state index is 6.88. The van der Waals surface area contributed by atoms with E-state index in [9.17, 15) is 0 Å². The van der Waals surface area contributed by atoms with E-state index in [-0.39, 0.29) is 10.8 Å². The Morgan fingerprint density at radius 3 is 2.14 bits per heavy atom. The molecule has 0 aliphatic carbocycles. The van der Waals surface area contributed by atoms with Gasteiger partial charge in [0.15, 0.2) is 0 Å². The van der Waals surface area contributed by atoms with Crippen LogP contribution in [0.5, 0.6) is 11.5 Å². The van der Waals surface area contributed by atoms with E-state index >= 15 is 0 Å². The minimum atomic E-state index is -1.78. The van der Waals surface area contributed by atoms with Crippen molar-refractivity contribution >= 4 is 34.8 Å². The van der Waals surface area contributed by atoms with Crippen molar-refractivity contribution in [3.63, 3.8) is 0 Å². The molecule has 0 radical (unpaired) electrons. The van der Waals surface area contributed by atoms with Crippen LogP contribution in [0, 0.1) is 10.8 Å². The summed E-state index contributed by atoms with van der Waals surface area (Å²) < 4.78 is 6.88. The van der Waals surface area contributed by atoms with Gasteiger partial charge in [0.05, 0.1) is 0 Å². The third kappa shape index (κ3) is 5.20. The molecule has 2 nitrogen and oxygen atoms in total. The zero-order valence-electron chi connectivity index (χ0n) is 23.6. The molecule has 1 aliphatic heterocycles. The van der Waals surface area contributed by atoms with Gasteiger partial charge in [0, 0.05) is 0 Å². The van der Waals surface area contributed by atoms with E-state index in [1.807, 2.05) is 6.20 Å². The average Bonchev–Trinajstić information content (AvgIpc) is 2.71. The fourth-order valence-electron chi connectivity index (χ4n) is 5.68. The molecule has 5 rings (SSSR count). The van der Waals surface area contributed by atoms with Crippen LogP contribution < -0.4 is 4.74 Å². The topological polar surface area (TPSA) is 22.1 Å². The Hall–Kier alpha value is -2.33. The molecule has 0 saturated carbocycles. The molecular weight excluding hydrogens is 499 g/mol. The van der Waals surface area contributed by atoms with Crippen LogP contribution in [0.4, 0.5) is 0 Å². The molecule has 2 heterocycles. The summed E-state index contributed by atoms with van der Waals surface area (Å²) in [7, 11) is 0. The summed E-state index contributed by atoms with van der Waals surface area (Å²) in [5.74, 6) is 9.41. The first-order valence-electron chi connectivity index (χ1n) is 13.4. The van der Waals surface area contributed by atoms with Crippen molar-refractivity contribution in [3.05, 3.63) is 65.4 Å². The van der Waals surface area contributed by atoms with Crippen molar-refractivity contribution < 1.29 is 4.74 Å². The summed E-state index contributed by atoms with van der Waals surface area (Å²) >= 11 is -1.78. The van der Waals surface area contributed by atoms with Gasteiger partial charge in [0.2, 0.25) is 0 Å². The number of hydrogen-bond donors (Lipinski definition) is 0. The second-order valence-corrected chi connectivity index (χ2v) is 25.9. The molecule has 1 aromatic heterocycles. The van der Waals surface area contributed by atoms with Crippen molar-refractivity contribution in [1.82, 2.24) is 4.98 Å². The van der Waals surface area contributed by atoms with Crippen molar-refractivity contribution in [2.45, 2.75) is 76.9 Å². The number of benzene rings is 3. The van der Waals surface area contributed by atoms with Gasteiger partial charge in [-0.3, -0.25) is 0 Å². The van der Waals surface area contributed by atoms with E-state index in [0.717, 1.165) is 41.0 Å². The number of pyridine rings is 1. The van der Waals surface area contributed by atoms with Gasteiger partial charge >= 0.3 is 194 Å². The van der Waals surface area contributed by atoms with Crippen molar-refractivity contribution in [1.29, 1.82) is 0 Å². The minimum absolute atomic E-state index is 0.136. The van der Waals surface area contributed by atoms with Gasteiger partial charge in [-0.1, -0.05) is 20.8 Å². The fraction of sp³-hybridized carbons (Fsp3) is 0.424. The van der Waals surface area contributed by atoms with Crippen molar-refractivity contribution in [3.8, 4) is 22.8 Å². The first-order valence-corrected chi connectivity index (χ1v) is 21.1. The van der Waals surface area contributed by atoms with Crippen LogP contribution in [0.15, 0.2) is 48.7 Å². The summed E-state index contributed by atoms with van der Waals surface area (Å²) in [5.41, 5.74) is 6.67. The Bertz CT molecular complexity index is 1480. The van der Waals surface area contributed by atoms with E-state index in [1.165, 1.54) is 38.1 Å². The van der Waals surface area contributed by atoms with Gasteiger partial charge in [-0.15, -0.1) is 0 Å². The molecule has 3 heteroatoms. The van der Waals surface area contributed by atoms with Crippen molar-refractivity contribution in [2.75, 3.05) is 0 Å². The molecule has 0 spiro atoms. The molecule has 4 aromatic rings. The van der Waals surface area contributed by atoms with Crippen LogP contribution in [-0.4, -0.2) is 18.3 Å². The predicted molar refractivity (Wildman–Crippen MR) is 158 cm³/mol. The molecule has 3 aromatic carbocycles. The second kappa shape index (κ2) is 8.62. The number of ether oxygens (including phenoxy) is 1. The number of nitrogens with zero attached hydrogens (tertiary/aromatic N) is 1. The predicted octanol–water partition coefficient (Wildman–Crippen LogP) is 9.76. The molecule has 1 aliphatic rings. The third-order valence-electron chi connectivity index (χ3n) is 6.79. The Labute approximate surface area is 219 Å².